The molecule has 0 radical (unpaired) electrons. The lowest BCUT2D eigenvalue weighted by Gasteiger charge is -2.15. The van der Waals surface area contributed by atoms with Crippen molar-refractivity contribution in [3.05, 3.63) is 22.5 Å². The zero-order valence-electron chi connectivity index (χ0n) is 13.1. The first kappa shape index (κ1) is 19.0. The van der Waals surface area contributed by atoms with Gasteiger partial charge in [-0.2, -0.15) is 4.98 Å². The van der Waals surface area contributed by atoms with Crippen LogP contribution in [0.4, 0.5) is 19.8 Å². The van der Waals surface area contributed by atoms with Gasteiger partial charge in [0, 0.05) is 5.75 Å². The van der Waals surface area contributed by atoms with Crippen molar-refractivity contribution in [2.24, 2.45) is 0 Å². The Morgan fingerprint density at radius 1 is 1.56 bits per heavy atom. The van der Waals surface area contributed by atoms with Crippen LogP contribution in [0.15, 0.2) is 11.0 Å². The first-order chi connectivity index (χ1) is 11.9. The molecule has 1 saturated heterocycles. The van der Waals surface area contributed by atoms with E-state index in [1.807, 2.05) is 6.92 Å². The Morgan fingerprint density at radius 3 is 3.00 bits per heavy atom. The fraction of sp³-hybridized carbons (Fsp3) is 0.538. The van der Waals surface area contributed by atoms with Crippen molar-refractivity contribution in [1.29, 1.82) is 0 Å². The lowest BCUT2D eigenvalue weighted by atomic mass is 10.5. The van der Waals surface area contributed by atoms with E-state index in [4.69, 9.17) is 19.3 Å². The molecule has 138 valence electrons. The molecule has 2 rings (SSSR count). The fourth-order valence-electron chi connectivity index (χ4n) is 1.88. The SMILES string of the molecule is CCCOC(=O)OC[C@@H]1O[C@H](n2cc(F)c(NC(=O)O)nc2=O)CS1. The highest BCUT2D eigenvalue weighted by Crippen LogP contribution is 2.31. The summed E-state index contributed by atoms with van der Waals surface area (Å²) < 4.78 is 29.8. The van der Waals surface area contributed by atoms with Crippen LogP contribution < -0.4 is 11.0 Å². The van der Waals surface area contributed by atoms with E-state index >= 15 is 0 Å². The molecule has 1 aliphatic heterocycles. The number of hydrogen-bond acceptors (Lipinski definition) is 8. The van der Waals surface area contributed by atoms with E-state index in [1.54, 1.807) is 5.32 Å². The Kier molecular flexibility index (Phi) is 6.58. The fourth-order valence-corrected chi connectivity index (χ4v) is 2.87. The van der Waals surface area contributed by atoms with Gasteiger partial charge in [-0.1, -0.05) is 6.92 Å². The summed E-state index contributed by atoms with van der Waals surface area (Å²) in [7, 11) is 0. The van der Waals surface area contributed by atoms with Crippen LogP contribution in [-0.2, 0) is 14.2 Å². The summed E-state index contributed by atoms with van der Waals surface area (Å²) in [6, 6.07) is 0. The van der Waals surface area contributed by atoms with Crippen molar-refractivity contribution < 1.29 is 33.3 Å². The molecule has 1 fully saturated rings. The number of rotatable bonds is 6. The minimum absolute atomic E-state index is 0.0902. The molecule has 0 saturated carbocycles. The molecule has 0 spiro atoms. The third kappa shape index (κ3) is 5.32. The predicted octanol–water partition coefficient (Wildman–Crippen LogP) is 1.62. The molecule has 10 nitrogen and oxygen atoms in total. The number of carboxylic acid groups (broad SMARTS) is 1. The lowest BCUT2D eigenvalue weighted by Crippen LogP contribution is -2.30. The smallest absolute Gasteiger partial charge is 0.465 e. The summed E-state index contributed by atoms with van der Waals surface area (Å²) in [6.07, 6.45) is -1.70. The summed E-state index contributed by atoms with van der Waals surface area (Å²) in [5.74, 6) is -1.40. The number of amides is 1. The Bertz CT molecular complexity index is 699. The molecular weight excluding hydrogens is 361 g/mol. The molecule has 0 unspecified atom stereocenters. The molecule has 1 amide bonds. The van der Waals surface area contributed by atoms with E-state index in [9.17, 15) is 18.8 Å². The summed E-state index contributed by atoms with van der Waals surface area (Å²) in [4.78, 5) is 37.0. The van der Waals surface area contributed by atoms with Gasteiger partial charge >= 0.3 is 17.9 Å². The van der Waals surface area contributed by atoms with Crippen LogP contribution in [0.1, 0.15) is 19.6 Å². The Hall–Kier alpha value is -2.34. The van der Waals surface area contributed by atoms with Crippen LogP contribution in [0.2, 0.25) is 0 Å². The monoisotopic (exact) mass is 377 g/mol. The molecule has 2 heterocycles. The van der Waals surface area contributed by atoms with E-state index in [1.165, 1.54) is 11.8 Å². The molecule has 12 heteroatoms. The average molecular weight is 377 g/mol. The molecule has 0 bridgehead atoms. The van der Waals surface area contributed by atoms with E-state index < -0.39 is 41.2 Å². The highest BCUT2D eigenvalue weighted by molar-refractivity contribution is 8.00. The van der Waals surface area contributed by atoms with Crippen molar-refractivity contribution in [3.8, 4) is 0 Å². The van der Waals surface area contributed by atoms with Gasteiger partial charge in [0.25, 0.3) is 0 Å². The van der Waals surface area contributed by atoms with Crippen LogP contribution in [-0.4, -0.2) is 51.3 Å². The standard InChI is InChI=1S/C13H16FN3O7S/c1-2-3-22-13(21)23-5-9-24-8(6-25-9)17-4-7(14)10(15-11(17)18)16-12(19)20/h4,8-9H,2-3,5-6H2,1H3,(H,19,20)(H,15,16,18)/t8-,9+/m0/s1. The van der Waals surface area contributed by atoms with Gasteiger partial charge in [0.05, 0.1) is 12.8 Å². The second-order valence-electron chi connectivity index (χ2n) is 4.82. The van der Waals surface area contributed by atoms with Crippen molar-refractivity contribution in [2.45, 2.75) is 25.0 Å². The Balaban J connectivity index is 1.95. The first-order valence-electron chi connectivity index (χ1n) is 7.26. The average Bonchev–Trinajstić information content (AvgIpc) is 3.02. The minimum Gasteiger partial charge on any atom is -0.465 e. The minimum atomic E-state index is -1.54. The topological polar surface area (TPSA) is 129 Å². The Morgan fingerprint density at radius 2 is 2.32 bits per heavy atom. The molecule has 2 atom stereocenters. The molecule has 0 aliphatic carbocycles. The van der Waals surface area contributed by atoms with Gasteiger partial charge in [0.15, 0.2) is 11.6 Å². The van der Waals surface area contributed by atoms with E-state index in [0.717, 1.165) is 10.8 Å². The molecule has 1 aromatic rings. The zero-order chi connectivity index (χ0) is 18.4. The summed E-state index contributed by atoms with van der Waals surface area (Å²) in [5.41, 5.74) is -1.43. The van der Waals surface area contributed by atoms with Gasteiger partial charge in [-0.05, 0) is 6.42 Å². The number of anilines is 1. The van der Waals surface area contributed by atoms with Crippen LogP contribution in [0.3, 0.4) is 0 Å². The van der Waals surface area contributed by atoms with Crippen molar-refractivity contribution in [3.63, 3.8) is 0 Å². The van der Waals surface area contributed by atoms with Crippen LogP contribution in [0.5, 0.6) is 0 Å². The van der Waals surface area contributed by atoms with E-state index in [-0.39, 0.29) is 13.2 Å². The summed E-state index contributed by atoms with van der Waals surface area (Å²) in [6.45, 7) is 2.00. The highest BCUT2D eigenvalue weighted by atomic mass is 32.2. The molecule has 2 N–H and O–H groups in total. The van der Waals surface area contributed by atoms with Crippen LogP contribution >= 0.6 is 11.8 Å². The van der Waals surface area contributed by atoms with Gasteiger partial charge in [-0.25, -0.2) is 18.8 Å². The van der Waals surface area contributed by atoms with Crippen LogP contribution in [0.25, 0.3) is 0 Å². The highest BCUT2D eigenvalue weighted by Gasteiger charge is 2.30. The number of ether oxygens (including phenoxy) is 3. The third-order valence-electron chi connectivity index (χ3n) is 2.94. The normalized spacial score (nSPS) is 19.4. The maximum absolute atomic E-state index is 13.8. The summed E-state index contributed by atoms with van der Waals surface area (Å²) >= 11 is 1.27. The number of nitrogens with one attached hydrogen (secondary N) is 1. The predicted molar refractivity (Wildman–Crippen MR) is 84.1 cm³/mol. The number of aromatic nitrogens is 2. The van der Waals surface area contributed by atoms with Gasteiger partial charge in [0.1, 0.15) is 18.3 Å². The molecular formula is C13H16FN3O7S. The number of halogens is 1. The molecule has 0 aromatic carbocycles. The number of carbonyl (C=O) groups excluding carboxylic acids is 1. The van der Waals surface area contributed by atoms with Crippen molar-refractivity contribution >= 4 is 29.8 Å². The number of carbonyl (C=O) groups is 2. The van der Waals surface area contributed by atoms with Gasteiger partial charge < -0.3 is 19.3 Å². The Labute approximate surface area is 145 Å². The van der Waals surface area contributed by atoms with Gasteiger partial charge in [0.2, 0.25) is 0 Å². The lowest BCUT2D eigenvalue weighted by molar-refractivity contribution is -0.0240. The van der Waals surface area contributed by atoms with Crippen molar-refractivity contribution in [2.75, 3.05) is 24.3 Å². The number of nitrogens with zero attached hydrogens (tertiary/aromatic N) is 2. The third-order valence-corrected chi connectivity index (χ3v) is 4.03. The maximum Gasteiger partial charge on any atom is 0.508 e. The second-order valence-corrected chi connectivity index (χ2v) is 6.01. The molecule has 1 aliphatic rings. The first-order valence-corrected chi connectivity index (χ1v) is 8.30. The van der Waals surface area contributed by atoms with E-state index in [0.29, 0.717) is 12.2 Å². The number of thioether (sulfide) groups is 1. The second kappa shape index (κ2) is 8.67. The maximum atomic E-state index is 13.8. The summed E-state index contributed by atoms with van der Waals surface area (Å²) in [5, 5.41) is 10.2. The van der Waals surface area contributed by atoms with Gasteiger partial charge in [-0.15, -0.1) is 11.8 Å². The quantitative estimate of drug-likeness (QED) is 0.710. The van der Waals surface area contributed by atoms with Gasteiger partial charge in [-0.3, -0.25) is 9.88 Å². The van der Waals surface area contributed by atoms with Crippen LogP contribution in [0, 0.1) is 5.82 Å². The van der Waals surface area contributed by atoms with E-state index in [2.05, 4.69) is 4.98 Å². The molecule has 25 heavy (non-hydrogen) atoms. The molecule has 1 aromatic heterocycles. The largest absolute Gasteiger partial charge is 0.508 e. The zero-order valence-corrected chi connectivity index (χ0v) is 14.0. The number of hydrogen-bond donors (Lipinski definition) is 2. The van der Waals surface area contributed by atoms with Crippen molar-refractivity contribution in [1.82, 2.24) is 9.55 Å².